The van der Waals surface area contributed by atoms with Gasteiger partial charge in [0, 0.05) is 19.3 Å². The zero-order valence-corrected chi connectivity index (χ0v) is 20.3. The van der Waals surface area contributed by atoms with Crippen molar-refractivity contribution in [2.45, 2.75) is 37.9 Å². The van der Waals surface area contributed by atoms with Gasteiger partial charge in [0.2, 0.25) is 0 Å². The van der Waals surface area contributed by atoms with Gasteiger partial charge in [-0.2, -0.15) is 13.2 Å². The molecule has 0 bridgehead atoms. The first-order valence-corrected chi connectivity index (χ1v) is 10.9. The van der Waals surface area contributed by atoms with Gasteiger partial charge in [-0.25, -0.2) is 13.4 Å². The number of guanidine groups is 1. The quantitative estimate of drug-likeness (QED) is 0.214. The minimum atomic E-state index is -4.19. The fourth-order valence-electron chi connectivity index (χ4n) is 2.68. The average molecular weight is 550 g/mol. The number of nitrogens with one attached hydrogen (secondary N) is 2. The summed E-state index contributed by atoms with van der Waals surface area (Å²) in [5.41, 5.74) is 1.54. The van der Waals surface area contributed by atoms with Crippen LogP contribution in [-0.2, 0) is 16.4 Å². The van der Waals surface area contributed by atoms with E-state index >= 15 is 0 Å². The monoisotopic (exact) mass is 550 g/mol. The van der Waals surface area contributed by atoms with Crippen LogP contribution in [0.1, 0.15) is 24.5 Å². The molecule has 0 radical (unpaired) electrons. The summed E-state index contributed by atoms with van der Waals surface area (Å²) in [6.07, 6.45) is -2.48. The molecule has 0 saturated heterocycles. The zero-order valence-electron chi connectivity index (χ0n) is 17.1. The van der Waals surface area contributed by atoms with Crippen LogP contribution in [0.25, 0.3) is 0 Å². The molecule has 0 aliphatic rings. The van der Waals surface area contributed by atoms with E-state index in [1.165, 1.54) is 18.2 Å². The molecule has 0 unspecified atom stereocenters. The van der Waals surface area contributed by atoms with Crippen molar-refractivity contribution in [2.24, 2.45) is 4.99 Å². The van der Waals surface area contributed by atoms with Crippen molar-refractivity contribution in [3.05, 3.63) is 29.3 Å². The first-order valence-electron chi connectivity index (χ1n) is 8.99. The van der Waals surface area contributed by atoms with Gasteiger partial charge in [-0.15, -0.1) is 24.0 Å². The first-order chi connectivity index (χ1) is 12.9. The Hall–Kier alpha value is -1.08. The lowest BCUT2D eigenvalue weighted by Gasteiger charge is -2.19. The van der Waals surface area contributed by atoms with Crippen LogP contribution in [0.5, 0.6) is 0 Å². The third-order valence-electron chi connectivity index (χ3n) is 3.86. The number of hydrogen-bond donors (Lipinski definition) is 2. The maximum Gasteiger partial charge on any atom is 0.401 e. The average Bonchev–Trinajstić information content (AvgIpc) is 2.53. The molecular formula is C18H30F3IN4O2S. The Kier molecular flexibility index (Phi) is 12.1. The summed E-state index contributed by atoms with van der Waals surface area (Å²) >= 11 is 0. The molecule has 0 atom stereocenters. The van der Waals surface area contributed by atoms with Crippen molar-refractivity contribution in [3.63, 3.8) is 0 Å². The molecule has 0 aliphatic carbocycles. The molecule has 1 aromatic carbocycles. The van der Waals surface area contributed by atoms with Crippen LogP contribution in [0.4, 0.5) is 13.2 Å². The molecule has 0 heterocycles. The third-order valence-corrected chi connectivity index (χ3v) is 5.12. The van der Waals surface area contributed by atoms with E-state index in [9.17, 15) is 21.6 Å². The third kappa shape index (κ3) is 11.6. The van der Waals surface area contributed by atoms with Gasteiger partial charge < -0.3 is 10.6 Å². The molecule has 168 valence electrons. The topological polar surface area (TPSA) is 73.8 Å². The molecule has 6 nitrogen and oxygen atoms in total. The summed E-state index contributed by atoms with van der Waals surface area (Å²) < 4.78 is 60.3. The summed E-state index contributed by atoms with van der Waals surface area (Å²) in [6, 6.07) is 5.09. The molecule has 1 aromatic rings. The van der Waals surface area contributed by atoms with E-state index in [-0.39, 0.29) is 24.0 Å². The number of alkyl halides is 3. The van der Waals surface area contributed by atoms with Crippen molar-refractivity contribution >= 4 is 39.8 Å². The number of aryl methyl sites for hydroxylation is 1. The largest absolute Gasteiger partial charge is 0.401 e. The summed E-state index contributed by atoms with van der Waals surface area (Å²) in [5, 5.41) is 6.17. The minimum absolute atomic E-state index is 0. The van der Waals surface area contributed by atoms with Crippen LogP contribution >= 0.6 is 24.0 Å². The Bertz CT molecular complexity index is 771. The molecular weight excluding hydrogens is 520 g/mol. The lowest BCUT2D eigenvalue weighted by atomic mass is 10.1. The number of aliphatic imine (C=N–C) groups is 1. The highest BCUT2D eigenvalue weighted by Crippen LogP contribution is 2.17. The fourth-order valence-corrected chi connectivity index (χ4v) is 3.64. The first kappa shape index (κ1) is 27.9. The Labute approximate surface area is 188 Å². The van der Waals surface area contributed by atoms with Crippen LogP contribution in [0.3, 0.4) is 0 Å². The molecule has 0 aromatic heterocycles. The number of nitrogens with zero attached hydrogens (tertiary/aromatic N) is 2. The Morgan fingerprint density at radius 3 is 2.41 bits per heavy atom. The lowest BCUT2D eigenvalue weighted by molar-refractivity contribution is -0.143. The van der Waals surface area contributed by atoms with Gasteiger partial charge in [-0.3, -0.25) is 4.90 Å². The number of benzene rings is 1. The van der Waals surface area contributed by atoms with Crippen molar-refractivity contribution in [2.75, 3.05) is 39.5 Å². The molecule has 0 spiro atoms. The highest BCUT2D eigenvalue weighted by atomic mass is 127. The molecule has 29 heavy (non-hydrogen) atoms. The second-order valence-electron chi connectivity index (χ2n) is 6.70. The number of halogens is 4. The second kappa shape index (κ2) is 12.6. The zero-order chi connectivity index (χ0) is 21.4. The predicted octanol–water partition coefficient (Wildman–Crippen LogP) is 2.96. The van der Waals surface area contributed by atoms with E-state index in [0.29, 0.717) is 49.0 Å². The molecule has 0 saturated carbocycles. The second-order valence-corrected chi connectivity index (χ2v) is 8.68. The Morgan fingerprint density at radius 1 is 1.24 bits per heavy atom. The Balaban J connectivity index is 0.00000784. The van der Waals surface area contributed by atoms with E-state index in [1.807, 2.05) is 6.92 Å². The van der Waals surface area contributed by atoms with Gasteiger partial charge in [-0.05, 0) is 51.1 Å². The smallest absolute Gasteiger partial charge is 0.357 e. The summed E-state index contributed by atoms with van der Waals surface area (Å²) in [4.78, 5) is 5.98. The summed E-state index contributed by atoms with van der Waals surface area (Å²) in [7, 11) is -1.82. The van der Waals surface area contributed by atoms with Gasteiger partial charge in [0.1, 0.15) is 0 Å². The summed E-state index contributed by atoms with van der Waals surface area (Å²) in [6.45, 7) is 4.53. The number of sulfone groups is 1. The molecule has 1 rings (SSSR count). The van der Waals surface area contributed by atoms with Gasteiger partial charge in [-0.1, -0.05) is 12.1 Å². The maximum absolute atomic E-state index is 12.3. The highest BCUT2D eigenvalue weighted by Gasteiger charge is 2.28. The van der Waals surface area contributed by atoms with Crippen LogP contribution < -0.4 is 10.6 Å². The van der Waals surface area contributed by atoms with Crippen LogP contribution in [0, 0.1) is 6.92 Å². The molecule has 0 amide bonds. The SMILES string of the molecule is CCNC(=NCc1ccc(S(C)(=O)=O)c(C)c1)NCCCN(C)CC(F)(F)F.I. The van der Waals surface area contributed by atoms with E-state index in [0.717, 1.165) is 5.56 Å². The van der Waals surface area contributed by atoms with E-state index in [4.69, 9.17) is 0 Å². The van der Waals surface area contributed by atoms with Crippen molar-refractivity contribution in [1.29, 1.82) is 0 Å². The number of hydrogen-bond acceptors (Lipinski definition) is 4. The highest BCUT2D eigenvalue weighted by molar-refractivity contribution is 14.0. The standard InChI is InChI=1S/C18H29F3N4O2S.HI/c1-5-22-17(23-9-6-10-25(3)13-18(19,20)21)24-12-15-7-8-16(14(2)11-15)28(4,26)27;/h7-8,11H,5-6,9-10,12-13H2,1-4H3,(H2,22,23,24);1H. The maximum atomic E-state index is 12.3. The van der Waals surface area contributed by atoms with Gasteiger partial charge in [0.15, 0.2) is 15.8 Å². The summed E-state index contributed by atoms with van der Waals surface area (Å²) in [5.74, 6) is 0.561. The number of rotatable bonds is 9. The van der Waals surface area contributed by atoms with Crippen LogP contribution in [-0.4, -0.2) is 64.9 Å². The van der Waals surface area contributed by atoms with Crippen molar-refractivity contribution in [1.82, 2.24) is 15.5 Å². The normalized spacial score (nSPS) is 12.6. The minimum Gasteiger partial charge on any atom is -0.357 e. The fraction of sp³-hybridized carbons (Fsp3) is 0.611. The molecule has 2 N–H and O–H groups in total. The van der Waals surface area contributed by atoms with E-state index in [1.54, 1.807) is 25.1 Å². The van der Waals surface area contributed by atoms with E-state index in [2.05, 4.69) is 15.6 Å². The molecule has 11 heteroatoms. The Morgan fingerprint density at radius 2 is 1.90 bits per heavy atom. The van der Waals surface area contributed by atoms with Crippen molar-refractivity contribution in [3.8, 4) is 0 Å². The van der Waals surface area contributed by atoms with Crippen LogP contribution in [0.15, 0.2) is 28.1 Å². The van der Waals surface area contributed by atoms with E-state index < -0.39 is 22.6 Å². The predicted molar refractivity (Wildman–Crippen MR) is 121 cm³/mol. The van der Waals surface area contributed by atoms with Gasteiger partial charge in [0.25, 0.3) is 0 Å². The van der Waals surface area contributed by atoms with Gasteiger partial charge >= 0.3 is 6.18 Å². The molecule has 0 aliphatic heterocycles. The van der Waals surface area contributed by atoms with Crippen LogP contribution in [0.2, 0.25) is 0 Å². The van der Waals surface area contributed by atoms with Crippen molar-refractivity contribution < 1.29 is 21.6 Å². The lowest BCUT2D eigenvalue weighted by Crippen LogP contribution is -2.39. The van der Waals surface area contributed by atoms with Gasteiger partial charge in [0.05, 0.1) is 18.0 Å². The molecule has 0 fully saturated rings.